The van der Waals surface area contributed by atoms with Crippen molar-refractivity contribution < 1.29 is 31.9 Å². The molecule has 0 saturated carbocycles. The summed E-state index contributed by atoms with van der Waals surface area (Å²) < 4.78 is 58.0. The second-order valence-corrected chi connectivity index (χ2v) is 10.9. The van der Waals surface area contributed by atoms with Crippen LogP contribution in [0.3, 0.4) is 0 Å². The number of ether oxygens (including phenoxy) is 1. The Morgan fingerprint density at radius 1 is 1.05 bits per heavy atom. The molecule has 8 nitrogen and oxygen atoms in total. The molecule has 3 amide bonds. The summed E-state index contributed by atoms with van der Waals surface area (Å²) in [6, 6.07) is 12.7. The molecule has 0 spiro atoms. The first-order chi connectivity index (χ1) is 20.2. The van der Waals surface area contributed by atoms with E-state index in [1.165, 1.54) is 45.5 Å². The summed E-state index contributed by atoms with van der Waals surface area (Å²) in [6.07, 6.45) is -4.08. The van der Waals surface area contributed by atoms with E-state index in [9.17, 15) is 27.2 Å². The molecule has 0 radical (unpaired) electrons. The summed E-state index contributed by atoms with van der Waals surface area (Å²) >= 11 is 1.49. The molecule has 3 aromatic rings. The molecule has 3 heterocycles. The molecule has 0 bridgehead atoms. The zero-order valence-corrected chi connectivity index (χ0v) is 23.3. The van der Waals surface area contributed by atoms with Gasteiger partial charge in [0.25, 0.3) is 5.91 Å². The lowest BCUT2D eigenvalue weighted by molar-refractivity contribution is -0.137. The zero-order valence-electron chi connectivity index (χ0n) is 22.5. The first kappa shape index (κ1) is 29.7. The third-order valence-electron chi connectivity index (χ3n) is 7.09. The molecule has 5 rings (SSSR count). The highest BCUT2D eigenvalue weighted by Crippen LogP contribution is 2.34. The molecule has 222 valence electrons. The summed E-state index contributed by atoms with van der Waals surface area (Å²) in [7, 11) is 0. The smallest absolute Gasteiger partial charge is 0.379 e. The Kier molecular flexibility index (Phi) is 9.19. The number of benzene rings is 2. The second kappa shape index (κ2) is 13.0. The van der Waals surface area contributed by atoms with E-state index in [-0.39, 0.29) is 18.8 Å². The van der Waals surface area contributed by atoms with Crippen molar-refractivity contribution >= 4 is 34.7 Å². The summed E-state index contributed by atoms with van der Waals surface area (Å²) in [6.45, 7) is 2.81. The number of alkyl halides is 3. The number of nitrogens with one attached hydrogen (secondary N) is 1. The van der Waals surface area contributed by atoms with Gasteiger partial charge < -0.3 is 15.0 Å². The molecule has 13 heteroatoms. The van der Waals surface area contributed by atoms with Gasteiger partial charge in [-0.25, -0.2) is 14.2 Å². The van der Waals surface area contributed by atoms with Crippen LogP contribution in [0.25, 0.3) is 0 Å². The predicted octanol–water partition coefficient (Wildman–Crippen LogP) is 5.45. The van der Waals surface area contributed by atoms with Crippen molar-refractivity contribution in [3.63, 3.8) is 0 Å². The normalized spacial score (nSPS) is 17.7. The zero-order chi connectivity index (χ0) is 29.7. The number of urea groups is 1. The van der Waals surface area contributed by atoms with E-state index in [1.807, 2.05) is 17.5 Å². The minimum atomic E-state index is -4.50. The molecule has 1 fully saturated rings. The lowest BCUT2D eigenvalue weighted by Gasteiger charge is -2.31. The van der Waals surface area contributed by atoms with Gasteiger partial charge in [0.15, 0.2) is 0 Å². The van der Waals surface area contributed by atoms with Crippen molar-refractivity contribution in [2.24, 2.45) is 5.10 Å². The monoisotopic (exact) mass is 603 g/mol. The second-order valence-electron chi connectivity index (χ2n) is 9.91. The summed E-state index contributed by atoms with van der Waals surface area (Å²) in [5.41, 5.74) is 0.746. The topological polar surface area (TPSA) is 77.5 Å². The van der Waals surface area contributed by atoms with Crippen molar-refractivity contribution in [2.75, 3.05) is 51.3 Å². The highest BCUT2D eigenvalue weighted by atomic mass is 32.1. The van der Waals surface area contributed by atoms with Crippen LogP contribution in [0.4, 0.5) is 28.0 Å². The Bertz CT molecular complexity index is 1390. The maximum atomic E-state index is 13.8. The lowest BCUT2D eigenvalue weighted by Crippen LogP contribution is -2.47. The van der Waals surface area contributed by atoms with Crippen molar-refractivity contribution in [1.82, 2.24) is 14.8 Å². The first-order valence-corrected chi connectivity index (χ1v) is 14.3. The Morgan fingerprint density at radius 3 is 2.40 bits per heavy atom. The number of thiophene rings is 1. The predicted molar refractivity (Wildman–Crippen MR) is 151 cm³/mol. The fourth-order valence-electron chi connectivity index (χ4n) is 4.80. The molecule has 1 atom stereocenters. The highest BCUT2D eigenvalue weighted by Gasteiger charge is 2.35. The molecule has 42 heavy (non-hydrogen) atoms. The van der Waals surface area contributed by atoms with Crippen molar-refractivity contribution in [1.29, 1.82) is 0 Å². The van der Waals surface area contributed by atoms with E-state index < -0.39 is 35.5 Å². The van der Waals surface area contributed by atoms with Crippen molar-refractivity contribution in [2.45, 2.75) is 18.6 Å². The molecule has 2 aliphatic rings. The van der Waals surface area contributed by atoms with Gasteiger partial charge in [-0.3, -0.25) is 9.69 Å². The van der Waals surface area contributed by atoms with Crippen molar-refractivity contribution in [3.8, 4) is 0 Å². The van der Waals surface area contributed by atoms with Crippen LogP contribution in [0.15, 0.2) is 71.1 Å². The highest BCUT2D eigenvalue weighted by molar-refractivity contribution is 7.12. The van der Waals surface area contributed by atoms with E-state index in [1.54, 1.807) is 12.1 Å². The Labute approximate surface area is 244 Å². The van der Waals surface area contributed by atoms with Gasteiger partial charge in [-0.05, 0) is 53.4 Å². The third kappa shape index (κ3) is 7.33. The average Bonchev–Trinajstić information content (AvgIpc) is 3.67. The Balaban J connectivity index is 1.35. The number of anilines is 1. The molecular weight excluding hydrogens is 574 g/mol. The van der Waals surface area contributed by atoms with Crippen molar-refractivity contribution in [3.05, 3.63) is 87.9 Å². The van der Waals surface area contributed by atoms with Gasteiger partial charge >= 0.3 is 12.2 Å². The summed E-state index contributed by atoms with van der Waals surface area (Å²) in [5.74, 6) is -0.844. The number of carbonyl (C=O) groups is 2. The van der Waals surface area contributed by atoms with Crippen LogP contribution in [0.5, 0.6) is 0 Å². The Hall–Kier alpha value is -3.81. The number of hydrazone groups is 1. The van der Waals surface area contributed by atoms with Crippen LogP contribution >= 0.6 is 11.3 Å². The number of nitrogens with zero attached hydrogens (tertiary/aromatic N) is 4. The molecule has 1 aromatic heterocycles. The fourth-order valence-corrected chi connectivity index (χ4v) is 5.52. The van der Waals surface area contributed by atoms with E-state index >= 15 is 0 Å². The number of amides is 3. The number of morpholine rings is 1. The van der Waals surface area contributed by atoms with Crippen LogP contribution in [-0.4, -0.2) is 78.4 Å². The van der Waals surface area contributed by atoms with E-state index in [0.29, 0.717) is 50.5 Å². The molecular formula is C29H29F4N5O3S. The average molecular weight is 604 g/mol. The quantitative estimate of drug-likeness (QED) is 0.348. The number of halogens is 4. The van der Waals surface area contributed by atoms with Crippen LogP contribution in [0, 0.1) is 5.82 Å². The number of rotatable bonds is 8. The minimum absolute atomic E-state index is 0.167. The first-order valence-electron chi connectivity index (χ1n) is 13.4. The van der Waals surface area contributed by atoms with Gasteiger partial charge in [-0.2, -0.15) is 18.3 Å². The van der Waals surface area contributed by atoms with Crippen LogP contribution in [0.1, 0.15) is 28.5 Å². The molecule has 0 unspecified atom stereocenters. The molecule has 2 aromatic carbocycles. The standard InChI is InChI=1S/C29H29F4N5O3S/c30-22-7-3-20(4-8-22)25-18-24(26-2-1-17-42-26)35-38(25)27(39)19-37(12-11-36-13-15-41-16-14-36)28(40)34-23-9-5-21(6-10-23)29(31,32)33/h1-10,17,25H,11-16,18-19H2,(H,34,40)/t25-/m0/s1. The van der Waals surface area contributed by atoms with E-state index in [2.05, 4.69) is 15.3 Å². The van der Waals surface area contributed by atoms with Gasteiger partial charge in [0.1, 0.15) is 12.4 Å². The maximum Gasteiger partial charge on any atom is 0.416 e. The summed E-state index contributed by atoms with van der Waals surface area (Å²) in [4.78, 5) is 31.5. The molecule has 1 N–H and O–H groups in total. The Morgan fingerprint density at radius 2 is 1.76 bits per heavy atom. The van der Waals surface area contributed by atoms with E-state index in [0.717, 1.165) is 17.0 Å². The number of carbonyl (C=O) groups excluding carboxylic acids is 2. The maximum absolute atomic E-state index is 13.8. The van der Waals surface area contributed by atoms with Crippen LogP contribution < -0.4 is 5.32 Å². The van der Waals surface area contributed by atoms with E-state index in [4.69, 9.17) is 4.74 Å². The number of hydrogen-bond acceptors (Lipinski definition) is 6. The fraction of sp³-hybridized carbons (Fsp3) is 0.345. The van der Waals surface area contributed by atoms with Gasteiger partial charge in [-0.15, -0.1) is 11.3 Å². The number of hydrogen-bond donors (Lipinski definition) is 1. The SMILES string of the molecule is O=C(Nc1ccc(C(F)(F)F)cc1)N(CCN1CCOCC1)CC(=O)N1N=C(c2cccs2)C[C@H]1c1ccc(F)cc1. The van der Waals surface area contributed by atoms with Gasteiger partial charge in [0.2, 0.25) is 0 Å². The lowest BCUT2D eigenvalue weighted by atomic mass is 10.0. The molecule has 1 saturated heterocycles. The molecule has 2 aliphatic heterocycles. The van der Waals surface area contributed by atoms with Gasteiger partial charge in [-0.1, -0.05) is 18.2 Å². The van der Waals surface area contributed by atoms with Gasteiger partial charge in [0.05, 0.1) is 35.4 Å². The summed E-state index contributed by atoms with van der Waals surface area (Å²) in [5, 5.41) is 10.5. The van der Waals surface area contributed by atoms with Gasteiger partial charge in [0, 0.05) is 38.3 Å². The molecule has 0 aliphatic carbocycles. The van der Waals surface area contributed by atoms with Crippen LogP contribution in [0.2, 0.25) is 0 Å². The van der Waals surface area contributed by atoms with Crippen LogP contribution in [-0.2, 0) is 15.7 Å². The minimum Gasteiger partial charge on any atom is -0.379 e. The largest absolute Gasteiger partial charge is 0.416 e. The third-order valence-corrected chi connectivity index (χ3v) is 8.01.